The summed E-state index contributed by atoms with van der Waals surface area (Å²) in [6, 6.07) is 11.7. The van der Waals surface area contributed by atoms with Crippen LogP contribution in [-0.2, 0) is 85.6 Å². The van der Waals surface area contributed by atoms with Crippen molar-refractivity contribution in [2.75, 3.05) is 19.8 Å². The lowest BCUT2D eigenvalue weighted by molar-refractivity contribution is 0.228. The minimum Gasteiger partial charge on any atom is -0.507 e. The van der Waals surface area contributed by atoms with E-state index < -0.39 is 17.1 Å². The zero-order chi connectivity index (χ0) is 54.4. The predicted octanol–water partition coefficient (Wildman–Crippen LogP) is 9.73. The zero-order valence-electron chi connectivity index (χ0n) is 46.5. The SMILES string of the molecule is CC(C)(C)c1cc(CC#COCCn2c(=O)n(CCOC#CCc3cc(C(C)(C)C)c(O)c(C(C)(C)C)c3)c(=O)n(CCOC#CCc3cc(C(C)(C)C)c(O)c(C(C)(C)C)c3)c2=O)cc(C(C)(C)C)c1O. The third kappa shape index (κ3) is 15.0. The number of aromatic nitrogens is 3. The van der Waals surface area contributed by atoms with Crippen molar-refractivity contribution in [2.24, 2.45) is 0 Å². The zero-order valence-corrected chi connectivity index (χ0v) is 46.5. The summed E-state index contributed by atoms with van der Waals surface area (Å²) in [4.78, 5) is 41.5. The molecule has 390 valence electrons. The number of hydrogen-bond acceptors (Lipinski definition) is 9. The van der Waals surface area contributed by atoms with Crippen LogP contribution in [0.25, 0.3) is 0 Å². The average Bonchev–Trinajstić information content (AvgIpc) is 3.23. The second-order valence-corrected chi connectivity index (χ2v) is 24.8. The first kappa shape index (κ1) is 58.1. The number of rotatable bonds is 12. The molecule has 4 aromatic rings. The second-order valence-electron chi connectivity index (χ2n) is 24.8. The molecular weight excluding hydrogens is 907 g/mol. The molecule has 0 saturated heterocycles. The molecule has 0 spiro atoms. The maximum Gasteiger partial charge on any atom is 0.336 e. The first-order valence-corrected chi connectivity index (χ1v) is 24.9. The number of aromatic hydroxyl groups is 3. The van der Waals surface area contributed by atoms with Crippen molar-refractivity contribution >= 4 is 0 Å². The lowest BCUT2D eigenvalue weighted by Crippen LogP contribution is -2.55. The topological polar surface area (TPSA) is 154 Å². The normalized spacial score (nSPS) is 12.2. The summed E-state index contributed by atoms with van der Waals surface area (Å²) in [5.74, 6) is 9.90. The van der Waals surface area contributed by atoms with Gasteiger partial charge in [-0.25, -0.2) is 28.1 Å². The van der Waals surface area contributed by atoms with Gasteiger partial charge in [0.2, 0.25) is 0 Å². The van der Waals surface area contributed by atoms with E-state index in [0.717, 1.165) is 63.8 Å². The molecule has 1 heterocycles. The highest BCUT2D eigenvalue weighted by Crippen LogP contribution is 2.42. The highest BCUT2D eigenvalue weighted by molar-refractivity contribution is 5.52. The molecule has 0 aliphatic carbocycles. The Morgan fingerprint density at radius 2 is 0.542 bits per heavy atom. The lowest BCUT2D eigenvalue weighted by atomic mass is 9.78. The van der Waals surface area contributed by atoms with Crippen LogP contribution in [-0.4, -0.2) is 48.8 Å². The van der Waals surface area contributed by atoms with E-state index in [2.05, 4.69) is 36.1 Å². The van der Waals surface area contributed by atoms with Crippen LogP contribution in [0.2, 0.25) is 0 Å². The minimum absolute atomic E-state index is 0.128. The van der Waals surface area contributed by atoms with Gasteiger partial charge in [-0.2, -0.15) is 0 Å². The van der Waals surface area contributed by atoms with Gasteiger partial charge in [-0.1, -0.05) is 179 Å². The molecule has 1 aromatic heterocycles. The second kappa shape index (κ2) is 22.5. The van der Waals surface area contributed by atoms with Crippen LogP contribution in [0.5, 0.6) is 17.2 Å². The molecule has 0 unspecified atom stereocenters. The van der Waals surface area contributed by atoms with Gasteiger partial charge in [0.15, 0.2) is 0 Å². The monoisotopic (exact) mass is 988 g/mol. The first-order valence-electron chi connectivity index (χ1n) is 24.9. The molecule has 0 aliphatic rings. The van der Waals surface area contributed by atoms with E-state index in [0.29, 0.717) is 19.3 Å². The van der Waals surface area contributed by atoms with E-state index in [9.17, 15) is 29.7 Å². The van der Waals surface area contributed by atoms with E-state index in [-0.39, 0.29) is 89.2 Å². The van der Waals surface area contributed by atoms with Gasteiger partial charge < -0.3 is 29.5 Å². The van der Waals surface area contributed by atoms with Crippen LogP contribution in [0.3, 0.4) is 0 Å². The van der Waals surface area contributed by atoms with Gasteiger partial charge in [-0.15, -0.1) is 0 Å². The third-order valence-electron chi connectivity index (χ3n) is 12.3. The van der Waals surface area contributed by atoms with Crippen LogP contribution in [0.15, 0.2) is 50.8 Å². The molecule has 0 amide bonds. The third-order valence-corrected chi connectivity index (χ3v) is 12.3. The predicted molar refractivity (Wildman–Crippen MR) is 288 cm³/mol. The fourth-order valence-electron chi connectivity index (χ4n) is 8.21. The number of nitrogens with zero attached hydrogens (tertiary/aromatic N) is 3. The Bertz CT molecular complexity index is 2520. The Hall–Kier alpha value is -6.45. The van der Waals surface area contributed by atoms with Crippen molar-refractivity contribution in [3.05, 3.63) is 118 Å². The Labute approximate surface area is 428 Å². The Morgan fingerprint density at radius 3 is 0.708 bits per heavy atom. The lowest BCUT2D eigenvalue weighted by Gasteiger charge is -2.28. The molecular formula is C60H81N3O9. The van der Waals surface area contributed by atoms with Gasteiger partial charge in [-0.05, 0) is 82.6 Å². The van der Waals surface area contributed by atoms with Crippen molar-refractivity contribution < 1.29 is 29.5 Å². The van der Waals surface area contributed by atoms with E-state index in [1.807, 2.05) is 161 Å². The van der Waals surface area contributed by atoms with E-state index in [4.69, 9.17) is 14.2 Å². The highest BCUT2D eigenvalue weighted by atomic mass is 16.5. The summed E-state index contributed by atoms with van der Waals surface area (Å²) in [6.07, 6.45) is 9.09. The molecule has 4 rings (SSSR count). The number of benzene rings is 3. The van der Waals surface area contributed by atoms with Crippen LogP contribution >= 0.6 is 0 Å². The van der Waals surface area contributed by atoms with E-state index in [1.165, 1.54) is 0 Å². The number of phenolic OH excluding ortho intramolecular Hbond substituents is 3. The summed E-state index contributed by atoms with van der Waals surface area (Å²) in [5, 5.41) is 33.4. The summed E-state index contributed by atoms with van der Waals surface area (Å²) < 4.78 is 19.6. The van der Waals surface area contributed by atoms with Crippen molar-refractivity contribution in [1.29, 1.82) is 0 Å². The molecule has 0 saturated carbocycles. The van der Waals surface area contributed by atoms with Gasteiger partial charge in [0.25, 0.3) is 0 Å². The Morgan fingerprint density at radius 1 is 0.361 bits per heavy atom. The highest BCUT2D eigenvalue weighted by Gasteiger charge is 2.29. The van der Waals surface area contributed by atoms with Gasteiger partial charge in [0, 0.05) is 19.3 Å². The minimum atomic E-state index is -0.838. The first-order chi connectivity index (χ1) is 33.0. The summed E-state index contributed by atoms with van der Waals surface area (Å²) in [5.41, 5.74) is 3.37. The molecule has 0 fully saturated rings. The molecule has 3 N–H and O–H groups in total. The van der Waals surface area contributed by atoms with Crippen LogP contribution in [0.1, 0.15) is 175 Å². The summed E-state index contributed by atoms with van der Waals surface area (Å²) >= 11 is 0. The van der Waals surface area contributed by atoms with Crippen molar-refractivity contribution in [1.82, 2.24) is 13.7 Å². The molecule has 12 nitrogen and oxygen atoms in total. The fourth-order valence-corrected chi connectivity index (χ4v) is 8.21. The molecule has 0 radical (unpaired) electrons. The van der Waals surface area contributed by atoms with E-state index >= 15 is 0 Å². The molecule has 12 heteroatoms. The van der Waals surface area contributed by atoms with Crippen LogP contribution in [0, 0.1) is 36.1 Å². The van der Waals surface area contributed by atoms with Gasteiger partial charge in [0.05, 0.1) is 19.6 Å². The Kier molecular flexibility index (Phi) is 18.2. The van der Waals surface area contributed by atoms with Crippen LogP contribution in [0.4, 0.5) is 0 Å². The molecule has 0 aliphatic heterocycles. The van der Waals surface area contributed by atoms with Crippen LogP contribution < -0.4 is 17.1 Å². The molecule has 0 atom stereocenters. The molecule has 3 aromatic carbocycles. The number of ether oxygens (including phenoxy) is 3. The smallest absolute Gasteiger partial charge is 0.336 e. The van der Waals surface area contributed by atoms with Crippen molar-refractivity contribution in [3.63, 3.8) is 0 Å². The fraction of sp³-hybridized carbons (Fsp3) is 0.550. The number of phenols is 3. The summed E-state index contributed by atoms with van der Waals surface area (Å²) in [7, 11) is 0. The maximum absolute atomic E-state index is 13.8. The maximum atomic E-state index is 13.8. The number of hydrogen-bond donors (Lipinski definition) is 3. The summed E-state index contributed by atoms with van der Waals surface area (Å²) in [6.45, 7) is 35.9. The van der Waals surface area contributed by atoms with Gasteiger partial charge in [0.1, 0.15) is 55.4 Å². The van der Waals surface area contributed by atoms with Crippen molar-refractivity contribution in [3.8, 4) is 53.3 Å². The average molecular weight is 988 g/mol. The van der Waals surface area contributed by atoms with Crippen molar-refractivity contribution in [2.45, 2.75) is 196 Å². The van der Waals surface area contributed by atoms with E-state index in [1.54, 1.807) is 0 Å². The quantitative estimate of drug-likeness (QED) is 0.0930. The largest absolute Gasteiger partial charge is 0.507 e. The van der Waals surface area contributed by atoms with Gasteiger partial charge >= 0.3 is 17.1 Å². The standard InChI is InChI=1S/C60H81N3O9/c1-55(2,3)43-34-40(35-44(49(43)64)56(4,5)6)22-19-28-70-31-25-61-52(67)62(26-32-71-29-20-23-41-36-45(57(7,8)9)50(65)46(37-41)58(10,11)12)54(69)63(53(61)68)27-33-72-30-21-24-42-38-47(59(13,14)15)51(66)48(39-42)60(16,17)18/h34-39,64-66H,22-27,31-33H2,1-18H3. The van der Waals surface area contributed by atoms with Gasteiger partial charge in [-0.3, -0.25) is 0 Å². The Balaban J connectivity index is 1.57. The molecule has 72 heavy (non-hydrogen) atoms. The molecule has 0 bridgehead atoms.